The van der Waals surface area contributed by atoms with Gasteiger partial charge in [0, 0.05) is 31.3 Å². The molecule has 136 valence electrons. The largest absolute Gasteiger partial charge is 0.423 e. The van der Waals surface area contributed by atoms with E-state index in [4.69, 9.17) is 9.15 Å². The van der Waals surface area contributed by atoms with Gasteiger partial charge in [0.05, 0.1) is 18.3 Å². The molecule has 1 unspecified atom stereocenters. The summed E-state index contributed by atoms with van der Waals surface area (Å²) in [7, 11) is 3.70. The SMILES string of the molecule is CCc1ccc2oc(=O)cc(CN(C)C(COC)c3ccccn3)c2c1. The summed E-state index contributed by atoms with van der Waals surface area (Å²) in [6, 6.07) is 13.4. The van der Waals surface area contributed by atoms with E-state index in [1.807, 2.05) is 37.4 Å². The summed E-state index contributed by atoms with van der Waals surface area (Å²) in [5, 5.41) is 0.980. The van der Waals surface area contributed by atoms with Crippen LogP contribution in [0.15, 0.2) is 57.9 Å². The molecule has 2 heterocycles. The molecule has 0 saturated heterocycles. The minimum Gasteiger partial charge on any atom is -0.423 e. The van der Waals surface area contributed by atoms with Crippen LogP contribution in [0.25, 0.3) is 11.0 Å². The van der Waals surface area contributed by atoms with Crippen LogP contribution in [-0.2, 0) is 17.7 Å². The zero-order valence-corrected chi connectivity index (χ0v) is 15.4. The van der Waals surface area contributed by atoms with Crippen molar-refractivity contribution in [1.82, 2.24) is 9.88 Å². The Morgan fingerprint density at radius 1 is 1.23 bits per heavy atom. The lowest BCUT2D eigenvalue weighted by atomic mass is 10.0. The van der Waals surface area contributed by atoms with Crippen LogP contribution < -0.4 is 5.63 Å². The number of pyridine rings is 1. The molecule has 0 N–H and O–H groups in total. The van der Waals surface area contributed by atoms with Crippen molar-refractivity contribution in [2.24, 2.45) is 0 Å². The molecule has 3 aromatic rings. The fourth-order valence-electron chi connectivity index (χ4n) is 3.17. The molecule has 1 atom stereocenters. The molecule has 5 heteroatoms. The van der Waals surface area contributed by atoms with Gasteiger partial charge in [-0.05, 0) is 48.9 Å². The van der Waals surface area contributed by atoms with Crippen molar-refractivity contribution >= 4 is 11.0 Å². The number of hydrogen-bond donors (Lipinski definition) is 0. The zero-order valence-electron chi connectivity index (χ0n) is 15.4. The van der Waals surface area contributed by atoms with Gasteiger partial charge in [-0.1, -0.05) is 19.1 Å². The highest BCUT2D eigenvalue weighted by Crippen LogP contribution is 2.24. The first-order chi connectivity index (χ1) is 12.6. The van der Waals surface area contributed by atoms with Crippen LogP contribution in [0.3, 0.4) is 0 Å². The highest BCUT2D eigenvalue weighted by atomic mass is 16.5. The first-order valence-corrected chi connectivity index (χ1v) is 8.78. The van der Waals surface area contributed by atoms with Crippen molar-refractivity contribution in [3.05, 3.63) is 75.9 Å². The van der Waals surface area contributed by atoms with Crippen molar-refractivity contribution in [3.63, 3.8) is 0 Å². The topological polar surface area (TPSA) is 55.6 Å². The van der Waals surface area contributed by atoms with Crippen molar-refractivity contribution < 1.29 is 9.15 Å². The summed E-state index contributed by atoms with van der Waals surface area (Å²) < 4.78 is 10.8. The molecule has 0 fully saturated rings. The lowest BCUT2D eigenvalue weighted by Crippen LogP contribution is -2.28. The number of benzene rings is 1. The van der Waals surface area contributed by atoms with E-state index in [0.717, 1.165) is 23.1 Å². The molecule has 0 aliphatic carbocycles. The highest BCUT2D eigenvalue weighted by Gasteiger charge is 2.19. The quantitative estimate of drug-likeness (QED) is 0.609. The molecular formula is C21H24N2O3. The number of aryl methyl sites for hydroxylation is 1. The molecule has 0 aliphatic rings. The Balaban J connectivity index is 1.97. The summed E-state index contributed by atoms with van der Waals surface area (Å²) >= 11 is 0. The minimum absolute atomic E-state index is 0.00199. The highest BCUT2D eigenvalue weighted by molar-refractivity contribution is 5.80. The van der Waals surface area contributed by atoms with E-state index in [1.165, 1.54) is 5.56 Å². The van der Waals surface area contributed by atoms with E-state index < -0.39 is 0 Å². The van der Waals surface area contributed by atoms with E-state index in [0.29, 0.717) is 18.7 Å². The molecule has 0 saturated carbocycles. The number of aromatic nitrogens is 1. The minimum atomic E-state index is -0.328. The summed E-state index contributed by atoms with van der Waals surface area (Å²) in [6.07, 6.45) is 2.72. The maximum Gasteiger partial charge on any atom is 0.336 e. The van der Waals surface area contributed by atoms with Crippen molar-refractivity contribution in [2.45, 2.75) is 25.9 Å². The Labute approximate surface area is 153 Å². The second-order valence-corrected chi connectivity index (χ2v) is 6.42. The Hall–Kier alpha value is -2.50. The fraction of sp³-hybridized carbons (Fsp3) is 0.333. The van der Waals surface area contributed by atoms with Crippen LogP contribution in [0.4, 0.5) is 0 Å². The van der Waals surface area contributed by atoms with E-state index in [1.54, 1.807) is 19.4 Å². The van der Waals surface area contributed by atoms with Crippen LogP contribution in [0.5, 0.6) is 0 Å². The van der Waals surface area contributed by atoms with Crippen molar-refractivity contribution in [3.8, 4) is 0 Å². The van der Waals surface area contributed by atoms with Gasteiger partial charge in [0.25, 0.3) is 0 Å². The molecule has 0 aliphatic heterocycles. The average molecular weight is 352 g/mol. The fourth-order valence-corrected chi connectivity index (χ4v) is 3.17. The maximum atomic E-state index is 12.0. The van der Waals surface area contributed by atoms with Gasteiger partial charge in [-0.25, -0.2) is 4.79 Å². The predicted octanol–water partition coefficient (Wildman–Crippen LogP) is 3.57. The number of fused-ring (bicyclic) bond motifs is 1. The number of likely N-dealkylation sites (N-methyl/N-ethyl adjacent to an activating group) is 1. The smallest absolute Gasteiger partial charge is 0.336 e. The van der Waals surface area contributed by atoms with Crippen LogP contribution in [0.1, 0.15) is 29.8 Å². The van der Waals surface area contributed by atoms with Gasteiger partial charge in [0.2, 0.25) is 0 Å². The Morgan fingerprint density at radius 3 is 2.77 bits per heavy atom. The van der Waals surface area contributed by atoms with Gasteiger partial charge < -0.3 is 9.15 Å². The first-order valence-electron chi connectivity index (χ1n) is 8.78. The first kappa shape index (κ1) is 18.3. The molecule has 2 aromatic heterocycles. The van der Waals surface area contributed by atoms with Crippen LogP contribution in [-0.4, -0.2) is 30.6 Å². The third-order valence-corrected chi connectivity index (χ3v) is 4.61. The van der Waals surface area contributed by atoms with Crippen molar-refractivity contribution in [2.75, 3.05) is 20.8 Å². The lowest BCUT2D eigenvalue weighted by molar-refractivity contribution is 0.100. The molecule has 26 heavy (non-hydrogen) atoms. The molecular weight excluding hydrogens is 328 g/mol. The number of nitrogens with zero attached hydrogens (tertiary/aromatic N) is 2. The normalized spacial score (nSPS) is 12.6. The van der Waals surface area contributed by atoms with E-state index in [2.05, 4.69) is 22.9 Å². The average Bonchev–Trinajstić information content (AvgIpc) is 2.66. The molecule has 3 rings (SSSR count). The molecule has 5 nitrogen and oxygen atoms in total. The van der Waals surface area contributed by atoms with Gasteiger partial charge in [0.1, 0.15) is 5.58 Å². The van der Waals surface area contributed by atoms with E-state index in [-0.39, 0.29) is 11.7 Å². The number of methoxy groups -OCH3 is 1. The van der Waals surface area contributed by atoms with Crippen LogP contribution >= 0.6 is 0 Å². The van der Waals surface area contributed by atoms with Gasteiger partial charge in [0.15, 0.2) is 0 Å². The van der Waals surface area contributed by atoms with E-state index in [9.17, 15) is 4.79 Å². The van der Waals surface area contributed by atoms with E-state index >= 15 is 0 Å². The summed E-state index contributed by atoms with van der Waals surface area (Å²) in [6.45, 7) is 3.23. The maximum absolute atomic E-state index is 12.0. The third-order valence-electron chi connectivity index (χ3n) is 4.61. The third kappa shape index (κ3) is 4.00. The van der Waals surface area contributed by atoms with Gasteiger partial charge in [-0.15, -0.1) is 0 Å². The Kier molecular flexibility index (Phi) is 5.81. The molecule has 0 amide bonds. The molecule has 1 aromatic carbocycles. The van der Waals surface area contributed by atoms with Gasteiger partial charge >= 0.3 is 5.63 Å². The lowest BCUT2D eigenvalue weighted by Gasteiger charge is -2.27. The molecule has 0 bridgehead atoms. The monoisotopic (exact) mass is 352 g/mol. The van der Waals surface area contributed by atoms with Gasteiger partial charge in [-0.2, -0.15) is 0 Å². The molecule has 0 radical (unpaired) electrons. The summed E-state index contributed by atoms with van der Waals surface area (Å²) in [5.74, 6) is 0. The second kappa shape index (κ2) is 8.25. The Morgan fingerprint density at radius 2 is 2.08 bits per heavy atom. The standard InChI is InChI=1S/C21H24N2O3/c1-4-15-8-9-20-17(11-15)16(12-21(24)26-20)13-23(2)19(14-25-3)18-7-5-6-10-22-18/h5-12,19H,4,13-14H2,1-3H3. The van der Waals surface area contributed by atoms with Crippen LogP contribution in [0, 0.1) is 0 Å². The predicted molar refractivity (Wildman–Crippen MR) is 102 cm³/mol. The second-order valence-electron chi connectivity index (χ2n) is 6.42. The number of ether oxygens (including phenoxy) is 1. The zero-order chi connectivity index (χ0) is 18.5. The van der Waals surface area contributed by atoms with Crippen LogP contribution in [0.2, 0.25) is 0 Å². The number of hydrogen-bond acceptors (Lipinski definition) is 5. The van der Waals surface area contributed by atoms with Crippen molar-refractivity contribution in [1.29, 1.82) is 0 Å². The summed E-state index contributed by atoms with van der Waals surface area (Å²) in [5.41, 5.74) is 3.41. The Bertz CT molecular complexity index is 921. The summed E-state index contributed by atoms with van der Waals surface area (Å²) in [4.78, 5) is 18.6. The number of rotatable bonds is 7. The molecule has 0 spiro atoms. The van der Waals surface area contributed by atoms with Gasteiger partial charge in [-0.3, -0.25) is 9.88 Å².